The molecular weight excluding hydrogens is 284 g/mol. The van der Waals surface area contributed by atoms with Crippen molar-refractivity contribution in [3.8, 4) is 0 Å². The first-order chi connectivity index (χ1) is 10.5. The molecule has 0 fully saturated rings. The first kappa shape index (κ1) is 14.0. The molecule has 1 amide bonds. The van der Waals surface area contributed by atoms with Gasteiger partial charge in [-0.2, -0.15) is 0 Å². The topological polar surface area (TPSA) is 90.0 Å². The van der Waals surface area contributed by atoms with Gasteiger partial charge in [-0.15, -0.1) is 0 Å². The maximum Gasteiger partial charge on any atom is 0.267 e. The fourth-order valence-corrected chi connectivity index (χ4v) is 2.12. The Labute approximate surface area is 125 Å². The van der Waals surface area contributed by atoms with Gasteiger partial charge in [-0.25, -0.2) is 4.98 Å². The van der Waals surface area contributed by atoms with Crippen LogP contribution in [-0.4, -0.2) is 20.6 Å². The summed E-state index contributed by atoms with van der Waals surface area (Å²) < 4.78 is 6.15. The van der Waals surface area contributed by atoms with Crippen LogP contribution in [-0.2, 0) is 11.3 Å². The number of carbonyl (C=O) groups excluding carboxylic acids is 1. The van der Waals surface area contributed by atoms with Gasteiger partial charge in [0, 0.05) is 5.69 Å². The van der Waals surface area contributed by atoms with Crippen LogP contribution in [0.3, 0.4) is 0 Å². The molecule has 3 aromatic rings. The highest BCUT2D eigenvalue weighted by atomic mass is 16.5. The van der Waals surface area contributed by atoms with Gasteiger partial charge < -0.3 is 9.84 Å². The highest BCUT2D eigenvalue weighted by Gasteiger charge is 2.13. The molecule has 0 aliphatic carbocycles. The Hall–Kier alpha value is -2.96. The number of rotatable bonds is 3. The number of amides is 1. The standard InChI is InChI=1S/C15H14N4O3/c1-9-3-5-11(6-4-9)17-12(20)7-19-8-16-14-13(15(19)21)10(2)18-22-14/h3-6,8H,7H2,1-2H3,(H,17,20). The summed E-state index contributed by atoms with van der Waals surface area (Å²) in [7, 11) is 0. The van der Waals surface area contributed by atoms with Crippen molar-refractivity contribution in [2.75, 3.05) is 5.32 Å². The smallest absolute Gasteiger partial charge is 0.267 e. The predicted molar refractivity (Wildman–Crippen MR) is 80.6 cm³/mol. The lowest BCUT2D eigenvalue weighted by Gasteiger charge is -2.07. The zero-order valence-corrected chi connectivity index (χ0v) is 12.2. The van der Waals surface area contributed by atoms with Gasteiger partial charge in [-0.3, -0.25) is 14.2 Å². The van der Waals surface area contributed by atoms with Gasteiger partial charge in [-0.05, 0) is 26.0 Å². The SMILES string of the molecule is Cc1ccc(NC(=O)Cn2cnc3onc(C)c3c2=O)cc1. The molecule has 7 nitrogen and oxygen atoms in total. The van der Waals surface area contributed by atoms with E-state index in [9.17, 15) is 9.59 Å². The highest BCUT2D eigenvalue weighted by Crippen LogP contribution is 2.10. The van der Waals surface area contributed by atoms with E-state index in [1.165, 1.54) is 10.9 Å². The number of nitrogens with one attached hydrogen (secondary N) is 1. The second kappa shape index (κ2) is 5.44. The maximum absolute atomic E-state index is 12.3. The molecule has 0 aliphatic rings. The van der Waals surface area contributed by atoms with Gasteiger partial charge in [-0.1, -0.05) is 22.9 Å². The van der Waals surface area contributed by atoms with Crippen molar-refractivity contribution in [3.63, 3.8) is 0 Å². The number of hydrogen-bond donors (Lipinski definition) is 1. The van der Waals surface area contributed by atoms with Crippen LogP contribution in [0.4, 0.5) is 5.69 Å². The van der Waals surface area contributed by atoms with E-state index in [-0.39, 0.29) is 23.7 Å². The van der Waals surface area contributed by atoms with Crippen molar-refractivity contribution >= 4 is 22.7 Å². The number of aryl methyl sites for hydroxylation is 2. The molecule has 22 heavy (non-hydrogen) atoms. The number of aromatic nitrogens is 3. The predicted octanol–water partition coefficient (Wildman–Crippen LogP) is 1.64. The Morgan fingerprint density at radius 2 is 2.00 bits per heavy atom. The van der Waals surface area contributed by atoms with Gasteiger partial charge in [0.05, 0.1) is 5.69 Å². The zero-order valence-electron chi connectivity index (χ0n) is 12.2. The van der Waals surface area contributed by atoms with Crippen molar-refractivity contribution in [2.24, 2.45) is 0 Å². The summed E-state index contributed by atoms with van der Waals surface area (Å²) in [5, 5.41) is 6.73. The normalized spacial score (nSPS) is 10.8. The van der Waals surface area contributed by atoms with Gasteiger partial charge >= 0.3 is 0 Å². The molecule has 0 atom stereocenters. The average molecular weight is 298 g/mol. The van der Waals surface area contributed by atoms with Crippen LogP contribution in [0.25, 0.3) is 11.1 Å². The Morgan fingerprint density at radius 3 is 2.73 bits per heavy atom. The minimum Gasteiger partial charge on any atom is -0.335 e. The van der Waals surface area contributed by atoms with E-state index in [0.29, 0.717) is 16.8 Å². The number of hydrogen-bond acceptors (Lipinski definition) is 5. The van der Waals surface area contributed by atoms with Gasteiger partial charge in [0.15, 0.2) is 0 Å². The van der Waals surface area contributed by atoms with Crippen LogP contribution in [0, 0.1) is 13.8 Å². The molecule has 0 saturated carbocycles. The lowest BCUT2D eigenvalue weighted by Crippen LogP contribution is -2.27. The minimum atomic E-state index is -0.345. The number of carbonyl (C=O) groups is 1. The molecule has 2 aromatic heterocycles. The van der Waals surface area contributed by atoms with E-state index in [1.807, 2.05) is 31.2 Å². The van der Waals surface area contributed by atoms with Crippen LogP contribution >= 0.6 is 0 Å². The van der Waals surface area contributed by atoms with Crippen LogP contribution < -0.4 is 10.9 Å². The van der Waals surface area contributed by atoms with Crippen molar-refractivity contribution in [1.29, 1.82) is 0 Å². The number of benzene rings is 1. The molecule has 0 spiro atoms. The third kappa shape index (κ3) is 2.60. The van der Waals surface area contributed by atoms with Crippen molar-refractivity contribution in [3.05, 3.63) is 52.2 Å². The monoisotopic (exact) mass is 298 g/mol. The van der Waals surface area contributed by atoms with Gasteiger partial charge in [0.1, 0.15) is 18.3 Å². The van der Waals surface area contributed by atoms with Gasteiger partial charge in [0.2, 0.25) is 5.91 Å². The third-order valence-corrected chi connectivity index (χ3v) is 3.28. The summed E-state index contributed by atoms with van der Waals surface area (Å²) in [4.78, 5) is 28.3. The van der Waals surface area contributed by atoms with Crippen LogP contribution in [0.15, 0.2) is 39.9 Å². The second-order valence-electron chi connectivity index (χ2n) is 5.04. The molecule has 0 radical (unpaired) electrons. The summed E-state index contributed by atoms with van der Waals surface area (Å²) in [6.45, 7) is 3.50. The molecule has 7 heteroatoms. The zero-order chi connectivity index (χ0) is 15.7. The maximum atomic E-state index is 12.3. The molecule has 112 valence electrons. The van der Waals surface area contributed by atoms with Crippen molar-refractivity contribution < 1.29 is 9.32 Å². The third-order valence-electron chi connectivity index (χ3n) is 3.28. The summed E-state index contributed by atoms with van der Waals surface area (Å²) in [6.07, 6.45) is 1.28. The van der Waals surface area contributed by atoms with E-state index in [2.05, 4.69) is 15.5 Å². The molecule has 0 unspecified atom stereocenters. The molecule has 0 bridgehead atoms. The molecule has 3 rings (SSSR count). The number of fused-ring (bicyclic) bond motifs is 1. The van der Waals surface area contributed by atoms with Gasteiger partial charge in [0.25, 0.3) is 11.3 Å². The number of nitrogens with zero attached hydrogens (tertiary/aromatic N) is 3. The molecular formula is C15H14N4O3. The summed E-state index contributed by atoms with van der Waals surface area (Å²) in [6, 6.07) is 7.41. The highest BCUT2D eigenvalue weighted by molar-refractivity contribution is 5.90. The van der Waals surface area contributed by atoms with E-state index in [4.69, 9.17) is 4.52 Å². The van der Waals surface area contributed by atoms with E-state index >= 15 is 0 Å². The fourth-order valence-electron chi connectivity index (χ4n) is 2.12. The Balaban J connectivity index is 1.82. The van der Waals surface area contributed by atoms with Crippen molar-refractivity contribution in [1.82, 2.24) is 14.7 Å². The average Bonchev–Trinajstić information content (AvgIpc) is 2.87. The van der Waals surface area contributed by atoms with Crippen LogP contribution in [0.2, 0.25) is 0 Å². The first-order valence-corrected chi connectivity index (χ1v) is 6.72. The summed E-state index contributed by atoms with van der Waals surface area (Å²) in [5.41, 5.74) is 2.08. The Bertz CT molecular complexity index is 893. The molecule has 0 aliphatic heterocycles. The van der Waals surface area contributed by atoms with E-state index < -0.39 is 0 Å². The largest absolute Gasteiger partial charge is 0.335 e. The molecule has 2 heterocycles. The Morgan fingerprint density at radius 1 is 1.27 bits per heavy atom. The van der Waals surface area contributed by atoms with E-state index in [1.54, 1.807) is 6.92 Å². The second-order valence-corrected chi connectivity index (χ2v) is 5.04. The summed E-state index contributed by atoms with van der Waals surface area (Å²) >= 11 is 0. The van der Waals surface area contributed by atoms with Crippen molar-refractivity contribution in [2.45, 2.75) is 20.4 Å². The first-order valence-electron chi connectivity index (χ1n) is 6.72. The summed E-state index contributed by atoms with van der Waals surface area (Å²) in [5.74, 6) is -0.304. The Kier molecular flexibility index (Phi) is 3.46. The lowest BCUT2D eigenvalue weighted by atomic mass is 10.2. The van der Waals surface area contributed by atoms with E-state index in [0.717, 1.165) is 5.56 Å². The number of anilines is 1. The lowest BCUT2D eigenvalue weighted by molar-refractivity contribution is -0.116. The molecule has 0 saturated heterocycles. The van der Waals surface area contributed by atoms with Crippen LogP contribution in [0.5, 0.6) is 0 Å². The minimum absolute atomic E-state index is 0.125. The quantitative estimate of drug-likeness (QED) is 0.794. The molecule has 1 aromatic carbocycles. The van der Waals surface area contributed by atoms with Crippen LogP contribution in [0.1, 0.15) is 11.3 Å². The fraction of sp³-hybridized carbons (Fsp3) is 0.200. The molecule has 1 N–H and O–H groups in total.